The van der Waals surface area contributed by atoms with Crippen LogP contribution >= 0.6 is 0 Å². The van der Waals surface area contributed by atoms with Gasteiger partial charge in [0.2, 0.25) is 6.41 Å². The number of nitrogens with zero attached hydrogens (tertiary/aromatic N) is 1. The maximum Gasteiger partial charge on any atom is 0.391 e. The number of aryl methyl sites for hydroxylation is 1. The Morgan fingerprint density at radius 3 is 2.40 bits per heavy atom. The van der Waals surface area contributed by atoms with Gasteiger partial charge in [-0.25, -0.2) is 0 Å². The van der Waals surface area contributed by atoms with E-state index in [0.717, 1.165) is 33.9 Å². The van der Waals surface area contributed by atoms with Crippen molar-refractivity contribution in [3.05, 3.63) is 47.5 Å². The summed E-state index contributed by atoms with van der Waals surface area (Å²) < 4.78 is 38.7. The average molecular weight is 420 g/mol. The summed E-state index contributed by atoms with van der Waals surface area (Å²) in [4.78, 5) is 12.6. The van der Waals surface area contributed by atoms with Crippen LogP contribution in [0.4, 0.5) is 35.9 Å². The normalized spacial score (nSPS) is 15.0. The first-order valence-corrected chi connectivity index (χ1v) is 9.99. The number of alkyl halides is 3. The topological polar surface area (TPSA) is 56.4 Å². The predicted molar refractivity (Wildman–Crippen MR) is 114 cm³/mol. The van der Waals surface area contributed by atoms with Crippen LogP contribution in [-0.2, 0) is 11.3 Å². The number of halogens is 3. The monoisotopic (exact) mass is 420 g/mol. The van der Waals surface area contributed by atoms with E-state index in [-0.39, 0.29) is 12.8 Å². The first-order chi connectivity index (χ1) is 14.3. The lowest BCUT2D eigenvalue weighted by Crippen LogP contribution is -2.39. The van der Waals surface area contributed by atoms with Crippen molar-refractivity contribution in [2.75, 3.05) is 35.7 Å². The molecule has 0 aliphatic carbocycles. The van der Waals surface area contributed by atoms with Gasteiger partial charge in [0.25, 0.3) is 0 Å². The fourth-order valence-electron chi connectivity index (χ4n) is 3.82. The van der Waals surface area contributed by atoms with Crippen molar-refractivity contribution < 1.29 is 18.0 Å². The maximum atomic E-state index is 12.9. The minimum atomic E-state index is -4.10. The molecule has 0 bridgehead atoms. The van der Waals surface area contributed by atoms with E-state index in [1.165, 1.54) is 0 Å². The molecule has 1 aliphatic heterocycles. The molecular weight excluding hydrogens is 393 g/mol. The van der Waals surface area contributed by atoms with E-state index >= 15 is 0 Å². The molecule has 3 N–H and O–H groups in total. The van der Waals surface area contributed by atoms with Gasteiger partial charge in [0.05, 0.1) is 5.92 Å². The van der Waals surface area contributed by atoms with Gasteiger partial charge in [0, 0.05) is 49.4 Å². The Morgan fingerprint density at radius 1 is 1.10 bits per heavy atom. The maximum absolute atomic E-state index is 12.9. The van der Waals surface area contributed by atoms with Gasteiger partial charge in [-0.3, -0.25) is 4.79 Å². The Labute approximate surface area is 174 Å². The third-order valence-electron chi connectivity index (χ3n) is 5.56. The highest BCUT2D eigenvalue weighted by Gasteiger charge is 2.41. The number of hydrogen-bond acceptors (Lipinski definition) is 4. The minimum Gasteiger partial charge on any atom is -0.388 e. The Kier molecular flexibility index (Phi) is 6.74. The Bertz CT molecular complexity index is 877. The van der Waals surface area contributed by atoms with E-state index in [1.54, 1.807) is 0 Å². The predicted octanol–water partition coefficient (Wildman–Crippen LogP) is 4.81. The van der Waals surface area contributed by atoms with Crippen molar-refractivity contribution in [1.82, 2.24) is 5.32 Å². The van der Waals surface area contributed by atoms with Crippen LogP contribution in [0, 0.1) is 12.8 Å². The van der Waals surface area contributed by atoms with Crippen LogP contribution in [0.1, 0.15) is 24.0 Å². The zero-order chi connectivity index (χ0) is 21.7. The van der Waals surface area contributed by atoms with Crippen LogP contribution in [0.5, 0.6) is 0 Å². The summed E-state index contributed by atoms with van der Waals surface area (Å²) in [5, 5.41) is 9.16. The molecule has 1 heterocycles. The number of rotatable bonds is 7. The summed E-state index contributed by atoms with van der Waals surface area (Å²) in [6.45, 7) is 3.22. The number of carbonyl (C=O) groups is 1. The van der Waals surface area contributed by atoms with E-state index in [1.807, 2.05) is 55.3 Å². The number of carbonyl (C=O) groups excluding carboxylic acids is 1. The van der Waals surface area contributed by atoms with Crippen molar-refractivity contribution in [2.45, 2.75) is 32.5 Å². The molecule has 162 valence electrons. The van der Waals surface area contributed by atoms with Gasteiger partial charge in [-0.2, -0.15) is 13.2 Å². The molecule has 8 heteroatoms. The first-order valence-electron chi connectivity index (χ1n) is 9.99. The minimum absolute atomic E-state index is 0.137. The number of piperidine rings is 1. The largest absolute Gasteiger partial charge is 0.391 e. The van der Waals surface area contributed by atoms with Crippen LogP contribution in [0.2, 0.25) is 0 Å². The number of amides is 1. The molecule has 1 fully saturated rings. The SMILES string of the molecule is CNc1ccc(Nc2ccc(N3CCC(C(F)(F)F)CC3)cc2C)cc1CNC=O. The van der Waals surface area contributed by atoms with Crippen molar-refractivity contribution >= 4 is 29.2 Å². The molecule has 0 atom stereocenters. The van der Waals surface area contributed by atoms with E-state index in [9.17, 15) is 18.0 Å². The second kappa shape index (κ2) is 9.28. The van der Waals surface area contributed by atoms with Crippen molar-refractivity contribution in [1.29, 1.82) is 0 Å². The molecule has 2 aromatic carbocycles. The summed E-state index contributed by atoms with van der Waals surface area (Å²) >= 11 is 0. The molecule has 5 nitrogen and oxygen atoms in total. The summed E-state index contributed by atoms with van der Waals surface area (Å²) in [7, 11) is 1.83. The summed E-state index contributed by atoms with van der Waals surface area (Å²) in [6, 6.07) is 11.8. The fraction of sp³-hybridized carbons (Fsp3) is 0.409. The lowest BCUT2D eigenvalue weighted by atomic mass is 9.96. The lowest BCUT2D eigenvalue weighted by molar-refractivity contribution is -0.179. The third-order valence-corrected chi connectivity index (χ3v) is 5.56. The summed E-state index contributed by atoms with van der Waals surface area (Å²) in [5.41, 5.74) is 5.66. The molecular formula is C22H27F3N4O. The molecule has 3 rings (SSSR count). The third kappa shape index (κ3) is 5.17. The molecule has 1 amide bonds. The molecule has 0 spiro atoms. The molecule has 30 heavy (non-hydrogen) atoms. The Morgan fingerprint density at radius 2 is 1.80 bits per heavy atom. The van der Waals surface area contributed by atoms with Gasteiger partial charge < -0.3 is 20.9 Å². The van der Waals surface area contributed by atoms with Gasteiger partial charge in [-0.1, -0.05) is 0 Å². The van der Waals surface area contributed by atoms with Gasteiger partial charge >= 0.3 is 6.18 Å². The van der Waals surface area contributed by atoms with Gasteiger partial charge in [-0.15, -0.1) is 0 Å². The lowest BCUT2D eigenvalue weighted by Gasteiger charge is -2.34. The quantitative estimate of drug-likeness (QED) is 0.563. The molecule has 0 aromatic heterocycles. The van der Waals surface area contributed by atoms with Crippen LogP contribution in [0.25, 0.3) is 0 Å². The highest BCUT2D eigenvalue weighted by molar-refractivity contribution is 5.69. The second-order valence-electron chi connectivity index (χ2n) is 7.55. The van der Waals surface area contributed by atoms with E-state index < -0.39 is 12.1 Å². The van der Waals surface area contributed by atoms with Gasteiger partial charge in [-0.05, 0) is 67.3 Å². The molecule has 0 saturated carbocycles. The standard InChI is InChI=1S/C22H27F3N4O/c1-15-11-19(29-9-7-17(8-10-29)22(23,24)25)4-6-20(15)28-18-3-5-21(26-2)16(12-18)13-27-14-30/h3-6,11-12,14,17,26,28H,7-10,13H2,1-2H3,(H,27,30). The average Bonchev–Trinajstić information content (AvgIpc) is 2.73. The zero-order valence-corrected chi connectivity index (χ0v) is 17.1. The number of benzene rings is 2. The highest BCUT2D eigenvalue weighted by atomic mass is 19.4. The molecule has 1 saturated heterocycles. The Hall–Kier alpha value is -2.90. The van der Waals surface area contributed by atoms with Crippen molar-refractivity contribution in [3.63, 3.8) is 0 Å². The molecule has 1 aliphatic rings. The van der Waals surface area contributed by atoms with E-state index in [4.69, 9.17) is 0 Å². The van der Waals surface area contributed by atoms with Crippen LogP contribution < -0.4 is 20.9 Å². The van der Waals surface area contributed by atoms with E-state index in [0.29, 0.717) is 26.0 Å². The van der Waals surface area contributed by atoms with Crippen LogP contribution in [-0.4, -0.2) is 32.7 Å². The number of nitrogens with one attached hydrogen (secondary N) is 3. The van der Waals surface area contributed by atoms with E-state index in [2.05, 4.69) is 16.0 Å². The smallest absolute Gasteiger partial charge is 0.388 e. The van der Waals surface area contributed by atoms with Gasteiger partial charge in [0.15, 0.2) is 0 Å². The number of anilines is 4. The van der Waals surface area contributed by atoms with Gasteiger partial charge in [0.1, 0.15) is 0 Å². The molecule has 2 aromatic rings. The first kappa shape index (κ1) is 21.8. The van der Waals surface area contributed by atoms with Crippen LogP contribution in [0.3, 0.4) is 0 Å². The fourth-order valence-corrected chi connectivity index (χ4v) is 3.82. The highest BCUT2D eigenvalue weighted by Crippen LogP contribution is 2.36. The number of hydrogen-bond donors (Lipinski definition) is 3. The molecule has 0 radical (unpaired) electrons. The second-order valence-corrected chi connectivity index (χ2v) is 7.55. The summed E-state index contributed by atoms with van der Waals surface area (Å²) in [5.74, 6) is -1.20. The summed E-state index contributed by atoms with van der Waals surface area (Å²) in [6.07, 6.45) is -3.16. The van der Waals surface area contributed by atoms with Crippen molar-refractivity contribution in [2.24, 2.45) is 5.92 Å². The van der Waals surface area contributed by atoms with Crippen LogP contribution in [0.15, 0.2) is 36.4 Å². The zero-order valence-electron chi connectivity index (χ0n) is 17.1. The Balaban J connectivity index is 1.70. The van der Waals surface area contributed by atoms with Crippen molar-refractivity contribution in [3.8, 4) is 0 Å². The molecule has 0 unspecified atom stereocenters.